The van der Waals surface area contributed by atoms with Gasteiger partial charge in [-0.1, -0.05) is 62.4 Å². The Morgan fingerprint density at radius 2 is 1.55 bits per heavy atom. The van der Waals surface area contributed by atoms with Gasteiger partial charge in [0.15, 0.2) is 0 Å². The van der Waals surface area contributed by atoms with E-state index in [4.69, 9.17) is 9.97 Å². The number of hydrogen-bond acceptors (Lipinski definition) is 2. The van der Waals surface area contributed by atoms with Crippen molar-refractivity contribution in [2.75, 3.05) is 0 Å². The maximum atomic E-state index is 4.81. The molecule has 3 aromatic carbocycles. The molecule has 0 N–H and O–H groups in total. The molecule has 2 nitrogen and oxygen atoms in total. The van der Waals surface area contributed by atoms with Gasteiger partial charge in [0.1, 0.15) is 0 Å². The van der Waals surface area contributed by atoms with E-state index in [1.807, 2.05) is 12.4 Å². The fourth-order valence-corrected chi connectivity index (χ4v) is 4.94. The summed E-state index contributed by atoms with van der Waals surface area (Å²) in [6.45, 7) is 4.66. The molecule has 0 saturated carbocycles. The van der Waals surface area contributed by atoms with Crippen molar-refractivity contribution in [1.82, 2.24) is 9.97 Å². The van der Waals surface area contributed by atoms with Gasteiger partial charge in [0.25, 0.3) is 0 Å². The highest BCUT2D eigenvalue weighted by Crippen LogP contribution is 2.50. The molecule has 29 heavy (non-hydrogen) atoms. The van der Waals surface area contributed by atoms with Gasteiger partial charge in [-0.2, -0.15) is 0 Å². The lowest BCUT2D eigenvalue weighted by molar-refractivity contribution is 0.650. The van der Waals surface area contributed by atoms with Crippen molar-refractivity contribution in [3.8, 4) is 22.4 Å². The molecule has 0 amide bonds. The summed E-state index contributed by atoms with van der Waals surface area (Å²) in [6, 6.07) is 25.8. The molecule has 1 aliphatic carbocycles. The van der Waals surface area contributed by atoms with Crippen LogP contribution in [0.5, 0.6) is 0 Å². The molecule has 2 heterocycles. The molecular formula is C27H20N2. The summed E-state index contributed by atoms with van der Waals surface area (Å²) < 4.78 is 0. The molecule has 0 fully saturated rings. The Morgan fingerprint density at radius 3 is 2.41 bits per heavy atom. The minimum atomic E-state index is -0.156. The normalized spacial score (nSPS) is 14.1. The second-order valence-corrected chi connectivity index (χ2v) is 8.34. The number of fused-ring (bicyclic) bond motifs is 4. The molecule has 0 atom stereocenters. The van der Waals surface area contributed by atoms with Crippen molar-refractivity contribution >= 4 is 21.7 Å². The Kier molecular flexibility index (Phi) is 3.25. The van der Waals surface area contributed by atoms with Crippen LogP contribution in [0.15, 0.2) is 85.2 Å². The second-order valence-electron chi connectivity index (χ2n) is 8.34. The maximum Gasteiger partial charge on any atom is 0.0802 e. The van der Waals surface area contributed by atoms with E-state index in [1.165, 1.54) is 38.4 Å². The summed E-state index contributed by atoms with van der Waals surface area (Å²) in [5, 5.41) is 3.70. The number of hydrogen-bond donors (Lipinski definition) is 0. The number of nitrogens with zero attached hydrogens (tertiary/aromatic N) is 2. The van der Waals surface area contributed by atoms with Crippen LogP contribution in [0.25, 0.3) is 44.1 Å². The Balaban J connectivity index is 1.77. The van der Waals surface area contributed by atoms with Crippen LogP contribution in [0.2, 0.25) is 0 Å². The van der Waals surface area contributed by atoms with Crippen molar-refractivity contribution in [3.05, 3.63) is 96.3 Å². The fraction of sp³-hybridized carbons (Fsp3) is 0.111. The molecule has 6 rings (SSSR count). The first-order valence-corrected chi connectivity index (χ1v) is 10.0. The smallest absolute Gasteiger partial charge is 0.0802 e. The van der Waals surface area contributed by atoms with Gasteiger partial charge < -0.3 is 0 Å². The van der Waals surface area contributed by atoms with Crippen molar-refractivity contribution in [2.24, 2.45) is 0 Å². The predicted molar refractivity (Wildman–Crippen MR) is 120 cm³/mol. The van der Waals surface area contributed by atoms with Gasteiger partial charge in [0.05, 0.1) is 11.2 Å². The summed E-state index contributed by atoms with van der Waals surface area (Å²) >= 11 is 0. The predicted octanol–water partition coefficient (Wildman–Crippen LogP) is 6.76. The molecule has 138 valence electrons. The van der Waals surface area contributed by atoms with Gasteiger partial charge in [0.2, 0.25) is 0 Å². The monoisotopic (exact) mass is 372 g/mol. The topological polar surface area (TPSA) is 25.8 Å². The molecule has 2 aromatic heterocycles. The minimum Gasteiger partial charge on any atom is -0.256 e. The van der Waals surface area contributed by atoms with E-state index in [2.05, 4.69) is 86.6 Å². The number of benzene rings is 3. The van der Waals surface area contributed by atoms with Crippen molar-refractivity contribution in [3.63, 3.8) is 0 Å². The van der Waals surface area contributed by atoms with E-state index in [0.29, 0.717) is 0 Å². The van der Waals surface area contributed by atoms with Gasteiger partial charge in [-0.25, -0.2) is 0 Å². The molecule has 5 aromatic rings. The molecule has 0 radical (unpaired) electrons. The Bertz CT molecular complexity index is 1420. The van der Waals surface area contributed by atoms with E-state index < -0.39 is 0 Å². The number of aromatic nitrogens is 2. The van der Waals surface area contributed by atoms with Crippen molar-refractivity contribution in [2.45, 2.75) is 19.3 Å². The lowest BCUT2D eigenvalue weighted by Crippen LogP contribution is -2.25. The summed E-state index contributed by atoms with van der Waals surface area (Å²) in [5.41, 5.74) is 8.22. The van der Waals surface area contributed by atoms with Gasteiger partial charge in [-0.05, 0) is 51.9 Å². The van der Waals surface area contributed by atoms with Crippen LogP contribution in [-0.4, -0.2) is 9.97 Å². The van der Waals surface area contributed by atoms with Crippen LogP contribution in [-0.2, 0) is 5.41 Å². The van der Waals surface area contributed by atoms with Crippen LogP contribution in [0, 0.1) is 0 Å². The van der Waals surface area contributed by atoms with Crippen LogP contribution < -0.4 is 0 Å². The summed E-state index contributed by atoms with van der Waals surface area (Å²) in [5.74, 6) is 0. The first-order valence-electron chi connectivity index (χ1n) is 10.0. The Morgan fingerprint density at radius 1 is 0.759 bits per heavy atom. The van der Waals surface area contributed by atoms with Crippen LogP contribution in [0.3, 0.4) is 0 Å². The third-order valence-corrected chi connectivity index (χ3v) is 6.30. The largest absolute Gasteiger partial charge is 0.256 e. The molecule has 1 aliphatic rings. The highest BCUT2D eigenvalue weighted by atomic mass is 14.7. The average molecular weight is 372 g/mol. The number of pyridine rings is 2. The van der Waals surface area contributed by atoms with E-state index in [-0.39, 0.29) is 5.41 Å². The zero-order valence-electron chi connectivity index (χ0n) is 16.5. The third kappa shape index (κ3) is 2.23. The second kappa shape index (κ2) is 5.74. The highest BCUT2D eigenvalue weighted by molar-refractivity contribution is 6.06. The minimum absolute atomic E-state index is 0.156. The molecule has 2 heteroatoms. The van der Waals surface area contributed by atoms with Gasteiger partial charge in [-0.3, -0.25) is 9.97 Å². The zero-order valence-corrected chi connectivity index (χ0v) is 16.5. The SMILES string of the molecule is CC1(C)c2c(cnc3ccccc23)-c2nccc3cc(-c4ccccc4)cc1c23. The first kappa shape index (κ1) is 16.4. The van der Waals surface area contributed by atoms with Gasteiger partial charge in [-0.15, -0.1) is 0 Å². The average Bonchev–Trinajstić information content (AvgIpc) is 2.77. The zero-order chi connectivity index (χ0) is 19.6. The summed E-state index contributed by atoms with van der Waals surface area (Å²) in [4.78, 5) is 9.56. The highest BCUT2D eigenvalue weighted by Gasteiger charge is 2.36. The van der Waals surface area contributed by atoms with Gasteiger partial charge in [0, 0.05) is 34.1 Å². The van der Waals surface area contributed by atoms with E-state index in [0.717, 1.165) is 16.8 Å². The fourth-order valence-electron chi connectivity index (χ4n) is 4.94. The molecule has 0 spiro atoms. The lowest BCUT2D eigenvalue weighted by atomic mass is 9.68. The Labute approximate surface area is 169 Å². The molecular weight excluding hydrogens is 352 g/mol. The molecule has 0 bridgehead atoms. The van der Waals surface area contributed by atoms with Crippen LogP contribution in [0.1, 0.15) is 25.0 Å². The molecule has 0 unspecified atom stereocenters. The van der Waals surface area contributed by atoms with Gasteiger partial charge >= 0.3 is 0 Å². The Hall–Kier alpha value is -3.52. The van der Waals surface area contributed by atoms with Crippen LogP contribution >= 0.6 is 0 Å². The summed E-state index contributed by atoms with van der Waals surface area (Å²) in [6.07, 6.45) is 3.93. The first-order chi connectivity index (χ1) is 14.1. The van der Waals surface area contributed by atoms with Crippen molar-refractivity contribution in [1.29, 1.82) is 0 Å². The molecule has 0 aliphatic heterocycles. The molecule has 0 saturated heterocycles. The maximum absolute atomic E-state index is 4.81. The van der Waals surface area contributed by atoms with Crippen LogP contribution in [0.4, 0.5) is 0 Å². The standard InChI is InChI=1S/C27H20N2/c1-27(2)22-15-19(17-8-4-3-5-9-17)14-18-12-13-28-26(24(18)22)21-16-29-23-11-7-6-10-20(23)25(21)27/h3-16H,1-2H3. The quantitative estimate of drug-likeness (QED) is 0.325. The lowest BCUT2D eigenvalue weighted by Gasteiger charge is -2.35. The number of para-hydroxylation sites is 1. The van der Waals surface area contributed by atoms with E-state index >= 15 is 0 Å². The van der Waals surface area contributed by atoms with E-state index in [9.17, 15) is 0 Å². The third-order valence-electron chi connectivity index (χ3n) is 6.30. The van der Waals surface area contributed by atoms with Crippen molar-refractivity contribution < 1.29 is 0 Å². The number of rotatable bonds is 1. The van der Waals surface area contributed by atoms with E-state index in [1.54, 1.807) is 0 Å². The summed E-state index contributed by atoms with van der Waals surface area (Å²) in [7, 11) is 0.